The lowest BCUT2D eigenvalue weighted by Crippen LogP contribution is -3.00. The van der Waals surface area contributed by atoms with E-state index in [1.54, 1.807) is 0 Å². The quantitative estimate of drug-likeness (QED) is 0.699. The molecule has 4 nitrogen and oxygen atoms in total. The monoisotopic (exact) mass is 369 g/mol. The molecule has 3 aromatic rings. The van der Waals surface area contributed by atoms with Crippen LogP contribution in [0.25, 0.3) is 5.57 Å². The van der Waals surface area contributed by atoms with E-state index in [0.29, 0.717) is 6.67 Å². The SMILES string of the molecule is C/C=C(/C)c1ccc(C2=NN(c3ccccc3)CN(c3ccccc3)[NH2+]2)cc1. The number of para-hydroxylation sites is 2. The van der Waals surface area contributed by atoms with Crippen LogP contribution in [0.2, 0.25) is 0 Å². The first-order chi connectivity index (χ1) is 13.7. The van der Waals surface area contributed by atoms with E-state index in [9.17, 15) is 0 Å². The fraction of sp³-hybridized carbons (Fsp3) is 0.125. The number of hydrazone groups is 1. The number of amidine groups is 1. The summed E-state index contributed by atoms with van der Waals surface area (Å²) < 4.78 is 0. The third-order valence-electron chi connectivity index (χ3n) is 5.00. The molecule has 4 rings (SSSR count). The highest BCUT2D eigenvalue weighted by atomic mass is 15.7. The molecule has 140 valence electrons. The van der Waals surface area contributed by atoms with Gasteiger partial charge in [-0.05, 0) is 61.4 Å². The smallest absolute Gasteiger partial charge is 0.235 e. The van der Waals surface area contributed by atoms with Crippen molar-refractivity contribution < 1.29 is 5.43 Å². The third-order valence-corrected chi connectivity index (χ3v) is 5.00. The summed E-state index contributed by atoms with van der Waals surface area (Å²) in [5.41, 5.74) is 7.98. The molecule has 0 unspecified atom stereocenters. The number of nitrogens with two attached hydrogens (primary N) is 1. The topological polar surface area (TPSA) is 35.5 Å². The van der Waals surface area contributed by atoms with Crippen molar-refractivity contribution >= 4 is 22.8 Å². The van der Waals surface area contributed by atoms with Gasteiger partial charge in [0.25, 0.3) is 5.84 Å². The van der Waals surface area contributed by atoms with Gasteiger partial charge in [-0.25, -0.2) is 5.01 Å². The summed E-state index contributed by atoms with van der Waals surface area (Å²) in [6.45, 7) is 4.87. The first-order valence-electron chi connectivity index (χ1n) is 9.56. The Balaban J connectivity index is 1.70. The van der Waals surface area contributed by atoms with Crippen LogP contribution >= 0.6 is 0 Å². The molecule has 0 bridgehead atoms. The van der Waals surface area contributed by atoms with Crippen LogP contribution in [0.3, 0.4) is 0 Å². The van der Waals surface area contributed by atoms with Gasteiger partial charge in [0.15, 0.2) is 6.67 Å². The van der Waals surface area contributed by atoms with Gasteiger partial charge in [-0.1, -0.05) is 54.6 Å². The molecule has 0 aromatic heterocycles. The molecule has 0 radical (unpaired) electrons. The maximum atomic E-state index is 4.93. The van der Waals surface area contributed by atoms with Crippen molar-refractivity contribution in [2.45, 2.75) is 13.8 Å². The van der Waals surface area contributed by atoms with E-state index >= 15 is 0 Å². The summed E-state index contributed by atoms with van der Waals surface area (Å²) in [6, 6.07) is 29.3. The number of allylic oxidation sites excluding steroid dienone is 2. The summed E-state index contributed by atoms with van der Waals surface area (Å²) >= 11 is 0. The first-order valence-corrected chi connectivity index (χ1v) is 9.56. The van der Waals surface area contributed by atoms with Crippen molar-refractivity contribution in [3.8, 4) is 0 Å². The average molecular weight is 369 g/mol. The number of quaternary nitrogens is 1. The summed E-state index contributed by atoms with van der Waals surface area (Å²) in [5.74, 6) is 0.948. The van der Waals surface area contributed by atoms with Gasteiger partial charge in [-0.3, -0.25) is 0 Å². The molecule has 0 saturated carbocycles. The number of nitrogens with zero attached hydrogens (tertiary/aromatic N) is 3. The zero-order valence-electron chi connectivity index (χ0n) is 16.3. The first kappa shape index (κ1) is 18.0. The Bertz CT molecular complexity index is 976. The Labute approximate surface area is 166 Å². The average Bonchev–Trinajstić information content (AvgIpc) is 2.79. The minimum atomic E-state index is 0.674. The van der Waals surface area contributed by atoms with Gasteiger partial charge in [0, 0.05) is 0 Å². The van der Waals surface area contributed by atoms with Crippen LogP contribution in [-0.4, -0.2) is 12.5 Å². The van der Waals surface area contributed by atoms with Crippen molar-refractivity contribution in [3.63, 3.8) is 0 Å². The fourth-order valence-electron chi connectivity index (χ4n) is 3.24. The van der Waals surface area contributed by atoms with Crippen LogP contribution in [0.5, 0.6) is 0 Å². The van der Waals surface area contributed by atoms with Gasteiger partial charge in [0.1, 0.15) is 0 Å². The van der Waals surface area contributed by atoms with E-state index < -0.39 is 0 Å². The fourth-order valence-corrected chi connectivity index (χ4v) is 3.24. The molecular formula is C24H25N4+. The predicted molar refractivity (Wildman–Crippen MR) is 117 cm³/mol. The van der Waals surface area contributed by atoms with E-state index in [1.165, 1.54) is 11.1 Å². The number of rotatable bonds is 4. The Morgan fingerprint density at radius 2 is 1.46 bits per heavy atom. The van der Waals surface area contributed by atoms with Gasteiger partial charge >= 0.3 is 0 Å². The Morgan fingerprint density at radius 1 is 0.857 bits per heavy atom. The number of hydrogen-bond acceptors (Lipinski definition) is 3. The van der Waals surface area contributed by atoms with Crippen molar-refractivity contribution in [3.05, 3.63) is 102 Å². The predicted octanol–water partition coefficient (Wildman–Crippen LogP) is 4.23. The molecule has 3 aromatic carbocycles. The molecule has 0 saturated heterocycles. The Kier molecular flexibility index (Phi) is 5.22. The Morgan fingerprint density at radius 3 is 2.07 bits per heavy atom. The second-order valence-electron chi connectivity index (χ2n) is 6.85. The number of hydrogen-bond donors (Lipinski definition) is 1. The highest BCUT2D eigenvalue weighted by Crippen LogP contribution is 2.20. The lowest BCUT2D eigenvalue weighted by Gasteiger charge is -2.32. The third kappa shape index (κ3) is 3.82. The summed E-state index contributed by atoms with van der Waals surface area (Å²) in [5, 5.41) is 9.22. The molecule has 0 fully saturated rings. The van der Waals surface area contributed by atoms with E-state index in [1.807, 2.05) is 29.3 Å². The molecule has 28 heavy (non-hydrogen) atoms. The molecule has 1 aliphatic rings. The molecular weight excluding hydrogens is 344 g/mol. The van der Waals surface area contributed by atoms with Crippen molar-refractivity contribution in [1.82, 2.24) is 0 Å². The van der Waals surface area contributed by atoms with Crippen LogP contribution in [0.4, 0.5) is 11.4 Å². The lowest BCUT2D eigenvalue weighted by molar-refractivity contribution is -0.556. The second kappa shape index (κ2) is 8.11. The zero-order valence-corrected chi connectivity index (χ0v) is 16.3. The lowest BCUT2D eigenvalue weighted by atomic mass is 10.0. The van der Waals surface area contributed by atoms with Crippen molar-refractivity contribution in [2.24, 2.45) is 5.10 Å². The van der Waals surface area contributed by atoms with E-state index in [2.05, 4.69) is 91.0 Å². The van der Waals surface area contributed by atoms with Gasteiger partial charge in [0.2, 0.25) is 0 Å². The van der Waals surface area contributed by atoms with Crippen LogP contribution in [0.15, 0.2) is 96.1 Å². The van der Waals surface area contributed by atoms with E-state index in [-0.39, 0.29) is 0 Å². The number of anilines is 2. The van der Waals surface area contributed by atoms with Crippen LogP contribution in [0, 0.1) is 0 Å². The van der Waals surface area contributed by atoms with Crippen LogP contribution in [0.1, 0.15) is 25.0 Å². The van der Waals surface area contributed by atoms with E-state index in [4.69, 9.17) is 5.10 Å². The van der Waals surface area contributed by atoms with Gasteiger partial charge in [-0.2, -0.15) is 10.4 Å². The molecule has 0 amide bonds. The summed E-state index contributed by atoms with van der Waals surface area (Å²) in [7, 11) is 0. The maximum absolute atomic E-state index is 4.93. The Hall–Kier alpha value is -3.37. The molecule has 1 aliphatic heterocycles. The van der Waals surface area contributed by atoms with Crippen molar-refractivity contribution in [1.29, 1.82) is 0 Å². The minimum Gasteiger partial charge on any atom is -0.235 e. The highest BCUT2D eigenvalue weighted by Gasteiger charge is 2.25. The molecule has 2 N–H and O–H groups in total. The van der Waals surface area contributed by atoms with E-state index in [0.717, 1.165) is 22.8 Å². The van der Waals surface area contributed by atoms with Crippen molar-refractivity contribution in [2.75, 3.05) is 16.7 Å². The highest BCUT2D eigenvalue weighted by molar-refractivity contribution is 5.93. The zero-order chi connectivity index (χ0) is 19.3. The normalized spacial score (nSPS) is 14.8. The summed E-state index contributed by atoms with van der Waals surface area (Å²) in [6.07, 6.45) is 2.13. The van der Waals surface area contributed by atoms with Gasteiger partial charge in [0.05, 0.1) is 16.9 Å². The summed E-state index contributed by atoms with van der Waals surface area (Å²) in [4.78, 5) is 0. The molecule has 1 heterocycles. The largest absolute Gasteiger partial charge is 0.273 e. The molecule has 4 heteroatoms. The molecule has 0 atom stereocenters. The standard InChI is InChI=1S/C24H24N4/c1-3-19(2)20-14-16-21(17-15-20)24-25-27(22-10-6-4-7-11-22)18-28(26-24)23-12-8-5-9-13-23/h3-17H,18H2,1-2H3,(H,25,26)/p+1/b19-3-. The van der Waals surface area contributed by atoms with Crippen LogP contribution in [-0.2, 0) is 0 Å². The minimum absolute atomic E-state index is 0.674. The number of benzene rings is 3. The maximum Gasteiger partial charge on any atom is 0.273 e. The van der Waals surface area contributed by atoms with Gasteiger partial charge < -0.3 is 0 Å². The van der Waals surface area contributed by atoms with Gasteiger partial charge in [-0.15, -0.1) is 5.10 Å². The molecule has 0 aliphatic carbocycles. The second-order valence-corrected chi connectivity index (χ2v) is 6.85. The van der Waals surface area contributed by atoms with Crippen LogP contribution < -0.4 is 15.4 Å². The molecule has 0 spiro atoms.